The minimum Gasteiger partial charge on any atom is -0.485 e. The molecule has 7 rings (SSSR count). The van der Waals surface area contributed by atoms with E-state index in [2.05, 4.69) is 15.5 Å². The molecule has 10 heteroatoms. The van der Waals surface area contributed by atoms with Gasteiger partial charge in [0, 0.05) is 33.1 Å². The number of aromatic nitrogens is 2. The summed E-state index contributed by atoms with van der Waals surface area (Å²) < 4.78 is 28.6. The molecule has 43 heavy (non-hydrogen) atoms. The Balaban J connectivity index is 1.09. The molecule has 0 amide bonds. The summed E-state index contributed by atoms with van der Waals surface area (Å²) in [5.74, 6) is 1.70. The van der Waals surface area contributed by atoms with Crippen molar-refractivity contribution >= 4 is 40.2 Å². The van der Waals surface area contributed by atoms with Gasteiger partial charge in [-0.25, -0.2) is 9.78 Å². The quantitative estimate of drug-likeness (QED) is 0.217. The summed E-state index contributed by atoms with van der Waals surface area (Å²) in [5, 5.41) is 10.7. The molecule has 1 aromatic heterocycles. The number of nitrogens with zero attached hydrogens (tertiary/aromatic N) is 3. The van der Waals surface area contributed by atoms with Gasteiger partial charge in [0.25, 0.3) is 0 Å². The van der Waals surface area contributed by atoms with Crippen molar-refractivity contribution in [2.75, 3.05) is 26.4 Å². The van der Waals surface area contributed by atoms with Crippen LogP contribution in [0.1, 0.15) is 65.0 Å². The summed E-state index contributed by atoms with van der Waals surface area (Å²) in [6.07, 6.45) is 3.22. The lowest BCUT2D eigenvalue weighted by Gasteiger charge is -2.35. The van der Waals surface area contributed by atoms with Gasteiger partial charge >= 0.3 is 5.97 Å². The molecule has 1 unspecified atom stereocenters. The van der Waals surface area contributed by atoms with Gasteiger partial charge in [-0.3, -0.25) is 9.29 Å². The van der Waals surface area contributed by atoms with Crippen LogP contribution in [0, 0.1) is 5.41 Å². The number of carbonyl (C=O) groups is 1. The highest BCUT2D eigenvalue weighted by molar-refractivity contribution is 6.35. The summed E-state index contributed by atoms with van der Waals surface area (Å²) in [5.41, 5.74) is 3.33. The fraction of sp³-hybridized carbons (Fsp3) is 0.394. The van der Waals surface area contributed by atoms with E-state index in [0.717, 1.165) is 78.3 Å². The van der Waals surface area contributed by atoms with E-state index in [-0.39, 0.29) is 23.8 Å². The molecule has 1 saturated heterocycles. The van der Waals surface area contributed by atoms with Crippen molar-refractivity contribution in [2.24, 2.45) is 5.41 Å². The number of likely N-dealkylation sites (tertiary alicyclic amines) is 1. The van der Waals surface area contributed by atoms with Crippen LogP contribution in [0.2, 0.25) is 10.0 Å². The number of piperidine rings is 1. The van der Waals surface area contributed by atoms with Crippen LogP contribution in [-0.4, -0.2) is 51.9 Å². The number of imidazole rings is 1. The second-order valence-electron chi connectivity index (χ2n) is 12.1. The normalized spacial score (nSPS) is 19.9. The number of carboxylic acids is 1. The SMILES string of the molecule is O=C(O)c1ccc2nc(CN3CCC(c4cccc5c4OC(c4ccc(Cl)cc4Cl)CO5)CC3)n(CC3(CF)CC3)c2c1. The Morgan fingerprint density at radius 3 is 2.60 bits per heavy atom. The number of hydrogen-bond acceptors (Lipinski definition) is 5. The molecule has 224 valence electrons. The molecule has 4 aromatic rings. The van der Waals surface area contributed by atoms with E-state index in [4.69, 9.17) is 37.7 Å². The number of alkyl halides is 1. The zero-order valence-electron chi connectivity index (χ0n) is 23.6. The number of rotatable bonds is 8. The highest BCUT2D eigenvalue weighted by Gasteiger charge is 2.44. The molecule has 2 fully saturated rings. The van der Waals surface area contributed by atoms with Gasteiger partial charge in [0.1, 0.15) is 12.4 Å². The molecule has 0 bridgehead atoms. The molecule has 7 nitrogen and oxygen atoms in total. The second kappa shape index (κ2) is 11.3. The zero-order valence-corrected chi connectivity index (χ0v) is 25.1. The van der Waals surface area contributed by atoms with Gasteiger partial charge in [0.2, 0.25) is 0 Å². The standard InChI is InChI=1S/C33H32Cl2FN3O4/c34-22-5-6-24(25(35)15-22)29-17-42-28-3-1-2-23(31(28)43-29)20-8-12-38(13-9-20)16-30-37-26-7-4-21(32(40)41)14-27(26)39(30)19-33(18-36)10-11-33/h1-7,14-15,20,29H,8-13,16-19H2,(H,40,41). The van der Waals surface area contributed by atoms with Crippen molar-refractivity contribution in [3.05, 3.63) is 87.2 Å². The first kappa shape index (κ1) is 28.4. The molecule has 1 atom stereocenters. The van der Waals surface area contributed by atoms with Crippen LogP contribution < -0.4 is 9.47 Å². The molecule has 1 aliphatic carbocycles. The summed E-state index contributed by atoms with van der Waals surface area (Å²) in [7, 11) is 0. The number of carboxylic acid groups (broad SMARTS) is 1. The van der Waals surface area contributed by atoms with Crippen LogP contribution in [0.5, 0.6) is 11.5 Å². The molecule has 1 N–H and O–H groups in total. The third-order valence-electron chi connectivity index (χ3n) is 9.17. The van der Waals surface area contributed by atoms with E-state index in [1.54, 1.807) is 24.3 Å². The van der Waals surface area contributed by atoms with Gasteiger partial charge in [0.15, 0.2) is 17.6 Å². The van der Waals surface area contributed by atoms with E-state index in [0.29, 0.717) is 35.7 Å². The molecular weight excluding hydrogens is 592 g/mol. The largest absolute Gasteiger partial charge is 0.485 e. The van der Waals surface area contributed by atoms with Gasteiger partial charge in [-0.05, 0) is 81.1 Å². The highest BCUT2D eigenvalue weighted by atomic mass is 35.5. The van der Waals surface area contributed by atoms with Crippen molar-refractivity contribution in [3.8, 4) is 11.5 Å². The van der Waals surface area contributed by atoms with Crippen LogP contribution in [0.3, 0.4) is 0 Å². The summed E-state index contributed by atoms with van der Waals surface area (Å²) >= 11 is 12.6. The third-order valence-corrected chi connectivity index (χ3v) is 9.73. The smallest absolute Gasteiger partial charge is 0.335 e. The van der Waals surface area contributed by atoms with Crippen molar-refractivity contribution < 1.29 is 23.8 Å². The zero-order chi connectivity index (χ0) is 29.7. The minimum atomic E-state index is -0.982. The molecule has 1 saturated carbocycles. The summed E-state index contributed by atoms with van der Waals surface area (Å²) in [4.78, 5) is 18.9. The molecule has 2 aliphatic heterocycles. The number of hydrogen-bond donors (Lipinski definition) is 1. The average molecular weight is 625 g/mol. The maximum Gasteiger partial charge on any atom is 0.335 e. The molecule has 3 aromatic carbocycles. The molecule has 0 spiro atoms. The van der Waals surface area contributed by atoms with Gasteiger partial charge in [-0.1, -0.05) is 41.4 Å². The highest BCUT2D eigenvalue weighted by Crippen LogP contribution is 2.48. The number of ether oxygens (including phenoxy) is 2. The number of aromatic carboxylic acids is 1. The lowest BCUT2D eigenvalue weighted by molar-refractivity contribution is 0.0697. The Morgan fingerprint density at radius 1 is 1.07 bits per heavy atom. The van der Waals surface area contributed by atoms with Gasteiger partial charge in [-0.15, -0.1) is 0 Å². The van der Waals surface area contributed by atoms with Crippen molar-refractivity contribution in [2.45, 2.75) is 50.8 Å². The van der Waals surface area contributed by atoms with Crippen molar-refractivity contribution in [1.82, 2.24) is 14.5 Å². The maximum atomic E-state index is 13.9. The minimum absolute atomic E-state index is 0.212. The third kappa shape index (κ3) is 5.56. The predicted molar refractivity (Wildman–Crippen MR) is 163 cm³/mol. The Hall–Kier alpha value is -3.33. The van der Waals surface area contributed by atoms with Gasteiger partial charge < -0.3 is 19.1 Å². The first-order valence-corrected chi connectivity index (χ1v) is 15.5. The lowest BCUT2D eigenvalue weighted by atomic mass is 9.88. The van der Waals surface area contributed by atoms with E-state index in [1.807, 2.05) is 24.3 Å². The average Bonchev–Trinajstić information content (AvgIpc) is 3.72. The Morgan fingerprint density at radius 2 is 1.88 bits per heavy atom. The van der Waals surface area contributed by atoms with E-state index >= 15 is 0 Å². The Kier molecular flexibility index (Phi) is 7.48. The number of benzene rings is 3. The lowest BCUT2D eigenvalue weighted by Crippen LogP contribution is -2.34. The van der Waals surface area contributed by atoms with Crippen LogP contribution in [0.4, 0.5) is 4.39 Å². The topological polar surface area (TPSA) is 76.8 Å². The predicted octanol–water partition coefficient (Wildman–Crippen LogP) is 7.68. The summed E-state index contributed by atoms with van der Waals surface area (Å²) in [6, 6.07) is 16.5. The van der Waals surface area contributed by atoms with Crippen LogP contribution >= 0.6 is 23.2 Å². The Bertz CT molecular complexity index is 1700. The van der Waals surface area contributed by atoms with Crippen LogP contribution in [0.25, 0.3) is 11.0 Å². The Labute approximate surface area is 259 Å². The van der Waals surface area contributed by atoms with E-state index < -0.39 is 5.97 Å². The van der Waals surface area contributed by atoms with E-state index in [1.165, 1.54) is 0 Å². The fourth-order valence-electron chi connectivity index (χ4n) is 6.40. The maximum absolute atomic E-state index is 13.9. The fourth-order valence-corrected chi connectivity index (χ4v) is 6.93. The second-order valence-corrected chi connectivity index (χ2v) is 12.9. The number of para-hydroxylation sites is 1. The van der Waals surface area contributed by atoms with E-state index in [9.17, 15) is 14.3 Å². The van der Waals surface area contributed by atoms with Gasteiger partial charge in [0.05, 0.1) is 29.8 Å². The molecule has 0 radical (unpaired) electrons. The molecular formula is C33H32Cl2FN3O4. The monoisotopic (exact) mass is 623 g/mol. The molecule has 3 aliphatic rings. The number of halogens is 3. The van der Waals surface area contributed by atoms with Crippen molar-refractivity contribution in [1.29, 1.82) is 0 Å². The molecule has 3 heterocycles. The first-order valence-electron chi connectivity index (χ1n) is 14.7. The first-order chi connectivity index (χ1) is 20.8. The summed E-state index contributed by atoms with van der Waals surface area (Å²) in [6.45, 7) is 2.85. The van der Waals surface area contributed by atoms with Crippen LogP contribution in [0.15, 0.2) is 54.6 Å². The number of fused-ring (bicyclic) bond motifs is 2. The van der Waals surface area contributed by atoms with Gasteiger partial charge in [-0.2, -0.15) is 0 Å². The van der Waals surface area contributed by atoms with Crippen LogP contribution in [-0.2, 0) is 13.1 Å². The van der Waals surface area contributed by atoms with Crippen molar-refractivity contribution in [3.63, 3.8) is 0 Å².